The van der Waals surface area contributed by atoms with Crippen molar-refractivity contribution in [1.29, 1.82) is 0 Å². The standard InChI is InChI=1S/C11H12N2O2/c1-11(2)7-5-12-4-3-9(7)13-6-8(11)10(14)15/h3-6,13H,1-2H3,(H,14,15). The Morgan fingerprint density at radius 3 is 2.93 bits per heavy atom. The molecule has 0 aromatic carbocycles. The monoisotopic (exact) mass is 204 g/mol. The van der Waals surface area contributed by atoms with Crippen molar-refractivity contribution in [2.45, 2.75) is 19.3 Å². The summed E-state index contributed by atoms with van der Waals surface area (Å²) in [5.41, 5.74) is 1.66. The predicted molar refractivity (Wildman–Crippen MR) is 56.6 cm³/mol. The summed E-state index contributed by atoms with van der Waals surface area (Å²) in [6.45, 7) is 3.77. The number of carboxylic acids is 1. The Morgan fingerprint density at radius 1 is 1.53 bits per heavy atom. The van der Waals surface area contributed by atoms with Crippen LogP contribution in [0.5, 0.6) is 0 Å². The van der Waals surface area contributed by atoms with Gasteiger partial charge in [-0.05, 0) is 6.07 Å². The molecule has 0 bridgehead atoms. The number of carboxylic acid groups (broad SMARTS) is 1. The van der Waals surface area contributed by atoms with E-state index in [4.69, 9.17) is 5.11 Å². The first-order valence-corrected chi connectivity index (χ1v) is 4.68. The fourth-order valence-corrected chi connectivity index (χ4v) is 1.82. The zero-order chi connectivity index (χ0) is 11.1. The summed E-state index contributed by atoms with van der Waals surface area (Å²) in [5.74, 6) is -0.901. The van der Waals surface area contributed by atoms with E-state index < -0.39 is 11.4 Å². The summed E-state index contributed by atoms with van der Waals surface area (Å²) >= 11 is 0. The number of carbonyl (C=O) groups is 1. The van der Waals surface area contributed by atoms with Crippen molar-refractivity contribution in [1.82, 2.24) is 4.98 Å². The van der Waals surface area contributed by atoms with E-state index in [-0.39, 0.29) is 0 Å². The van der Waals surface area contributed by atoms with Gasteiger partial charge in [-0.15, -0.1) is 0 Å². The summed E-state index contributed by atoms with van der Waals surface area (Å²) in [6.07, 6.45) is 4.93. The van der Waals surface area contributed by atoms with E-state index in [1.807, 2.05) is 19.9 Å². The van der Waals surface area contributed by atoms with Crippen molar-refractivity contribution in [3.8, 4) is 0 Å². The quantitative estimate of drug-likeness (QED) is 0.731. The minimum Gasteiger partial charge on any atom is -0.478 e. The van der Waals surface area contributed by atoms with Gasteiger partial charge >= 0.3 is 5.97 Å². The molecule has 1 aromatic heterocycles. The maximum Gasteiger partial charge on any atom is 0.333 e. The molecule has 2 N–H and O–H groups in total. The van der Waals surface area contributed by atoms with Crippen LogP contribution < -0.4 is 5.32 Å². The lowest BCUT2D eigenvalue weighted by atomic mass is 9.76. The third-order valence-corrected chi connectivity index (χ3v) is 2.77. The van der Waals surface area contributed by atoms with Crippen LogP contribution in [0.15, 0.2) is 30.2 Å². The van der Waals surface area contributed by atoms with Gasteiger partial charge in [0, 0.05) is 35.3 Å². The first kappa shape index (κ1) is 9.71. The third-order valence-electron chi connectivity index (χ3n) is 2.77. The Morgan fingerprint density at radius 2 is 2.27 bits per heavy atom. The van der Waals surface area contributed by atoms with E-state index in [0.29, 0.717) is 5.57 Å². The Hall–Kier alpha value is -1.84. The third kappa shape index (κ3) is 1.38. The van der Waals surface area contributed by atoms with E-state index in [2.05, 4.69) is 10.3 Å². The van der Waals surface area contributed by atoms with Crippen LogP contribution in [0, 0.1) is 0 Å². The van der Waals surface area contributed by atoms with E-state index in [0.717, 1.165) is 11.3 Å². The minimum absolute atomic E-state index is 0.350. The number of aliphatic carboxylic acids is 1. The Balaban J connectivity index is 2.57. The lowest BCUT2D eigenvalue weighted by Crippen LogP contribution is -2.30. The van der Waals surface area contributed by atoms with Gasteiger partial charge in [0.2, 0.25) is 0 Å². The fourth-order valence-electron chi connectivity index (χ4n) is 1.82. The van der Waals surface area contributed by atoms with E-state index in [1.54, 1.807) is 18.6 Å². The molecule has 0 fully saturated rings. The molecule has 0 spiro atoms. The number of anilines is 1. The second-order valence-electron chi connectivity index (χ2n) is 4.05. The number of nitrogens with one attached hydrogen (secondary N) is 1. The van der Waals surface area contributed by atoms with Gasteiger partial charge in [-0.1, -0.05) is 13.8 Å². The number of fused-ring (bicyclic) bond motifs is 1. The highest BCUT2D eigenvalue weighted by Gasteiger charge is 2.35. The van der Waals surface area contributed by atoms with Crippen molar-refractivity contribution in [3.63, 3.8) is 0 Å². The van der Waals surface area contributed by atoms with Gasteiger partial charge in [-0.25, -0.2) is 4.79 Å². The smallest absolute Gasteiger partial charge is 0.333 e. The largest absolute Gasteiger partial charge is 0.478 e. The highest BCUT2D eigenvalue weighted by atomic mass is 16.4. The first-order chi connectivity index (χ1) is 7.03. The minimum atomic E-state index is -0.901. The normalized spacial score (nSPS) is 17.3. The molecule has 2 heterocycles. The highest BCUT2D eigenvalue weighted by molar-refractivity contribution is 5.92. The van der Waals surface area contributed by atoms with Crippen LogP contribution in [0.3, 0.4) is 0 Å². The number of aromatic nitrogens is 1. The molecule has 2 rings (SSSR count). The van der Waals surface area contributed by atoms with Crippen molar-refractivity contribution >= 4 is 11.7 Å². The molecule has 0 amide bonds. The molecule has 4 heteroatoms. The van der Waals surface area contributed by atoms with Crippen LogP contribution >= 0.6 is 0 Å². The molecular formula is C11H12N2O2. The maximum atomic E-state index is 11.1. The van der Waals surface area contributed by atoms with Crippen LogP contribution in [0.1, 0.15) is 19.4 Å². The number of pyridine rings is 1. The van der Waals surface area contributed by atoms with Gasteiger partial charge in [0.25, 0.3) is 0 Å². The van der Waals surface area contributed by atoms with Gasteiger partial charge in [0.1, 0.15) is 0 Å². The van der Waals surface area contributed by atoms with Crippen LogP contribution in [0.2, 0.25) is 0 Å². The average Bonchev–Trinajstić information content (AvgIpc) is 2.17. The molecule has 1 aliphatic heterocycles. The fraction of sp³-hybridized carbons (Fsp3) is 0.273. The summed E-state index contributed by atoms with van der Waals surface area (Å²) in [6, 6.07) is 1.84. The Kier molecular flexibility index (Phi) is 2.00. The number of hydrogen-bond donors (Lipinski definition) is 2. The number of rotatable bonds is 1. The second kappa shape index (κ2) is 3.08. The number of hydrogen-bond acceptors (Lipinski definition) is 3. The van der Waals surface area contributed by atoms with Gasteiger partial charge in [-0.2, -0.15) is 0 Å². The molecule has 1 aliphatic rings. The molecule has 0 unspecified atom stereocenters. The Bertz CT molecular complexity index is 450. The van der Waals surface area contributed by atoms with Crippen molar-refractivity contribution in [2.24, 2.45) is 0 Å². The lowest BCUT2D eigenvalue weighted by molar-refractivity contribution is -0.133. The summed E-state index contributed by atoms with van der Waals surface area (Å²) in [5, 5.41) is 12.0. The molecule has 0 radical (unpaired) electrons. The molecule has 4 nitrogen and oxygen atoms in total. The molecule has 0 aliphatic carbocycles. The van der Waals surface area contributed by atoms with Crippen LogP contribution in [-0.2, 0) is 10.2 Å². The second-order valence-corrected chi connectivity index (χ2v) is 4.05. The van der Waals surface area contributed by atoms with E-state index in [1.165, 1.54) is 0 Å². The molecular weight excluding hydrogens is 192 g/mol. The van der Waals surface area contributed by atoms with E-state index in [9.17, 15) is 4.79 Å². The number of nitrogens with zero attached hydrogens (tertiary/aromatic N) is 1. The van der Waals surface area contributed by atoms with Crippen molar-refractivity contribution in [2.75, 3.05) is 5.32 Å². The van der Waals surface area contributed by atoms with Crippen molar-refractivity contribution in [3.05, 3.63) is 35.8 Å². The highest BCUT2D eigenvalue weighted by Crippen LogP contribution is 2.38. The lowest BCUT2D eigenvalue weighted by Gasteiger charge is -2.31. The predicted octanol–water partition coefficient (Wildman–Crippen LogP) is 1.75. The van der Waals surface area contributed by atoms with Crippen LogP contribution in [0.25, 0.3) is 0 Å². The molecule has 78 valence electrons. The topological polar surface area (TPSA) is 62.2 Å². The molecule has 1 aromatic rings. The average molecular weight is 204 g/mol. The molecule has 0 atom stereocenters. The van der Waals surface area contributed by atoms with Gasteiger partial charge in [0.15, 0.2) is 0 Å². The summed E-state index contributed by atoms with van der Waals surface area (Å²) in [4.78, 5) is 15.1. The van der Waals surface area contributed by atoms with Crippen LogP contribution in [-0.4, -0.2) is 16.1 Å². The van der Waals surface area contributed by atoms with Gasteiger partial charge in [-0.3, -0.25) is 4.98 Å². The van der Waals surface area contributed by atoms with Crippen LogP contribution in [0.4, 0.5) is 5.69 Å². The molecule has 0 saturated heterocycles. The van der Waals surface area contributed by atoms with Gasteiger partial charge in [0.05, 0.1) is 5.57 Å². The van der Waals surface area contributed by atoms with E-state index >= 15 is 0 Å². The Labute approximate surface area is 87.7 Å². The molecule has 15 heavy (non-hydrogen) atoms. The first-order valence-electron chi connectivity index (χ1n) is 4.68. The van der Waals surface area contributed by atoms with Crippen molar-refractivity contribution < 1.29 is 9.90 Å². The SMILES string of the molecule is CC1(C)C(C(=O)O)=CNc2ccncc21. The van der Waals surface area contributed by atoms with Gasteiger partial charge < -0.3 is 10.4 Å². The molecule has 0 saturated carbocycles. The zero-order valence-corrected chi connectivity index (χ0v) is 8.61. The summed E-state index contributed by atoms with van der Waals surface area (Å²) in [7, 11) is 0. The maximum absolute atomic E-state index is 11.1. The zero-order valence-electron chi connectivity index (χ0n) is 8.61. The summed E-state index contributed by atoms with van der Waals surface area (Å²) < 4.78 is 0.